The molecule has 9 heteroatoms. The molecule has 1 amide bonds. The normalized spacial score (nSPS) is 13.0. The second kappa shape index (κ2) is 9.91. The monoisotopic (exact) mass is 488 g/mol. The maximum absolute atomic E-state index is 12.7. The van der Waals surface area contributed by atoms with Gasteiger partial charge in [0.15, 0.2) is 5.76 Å². The Labute approximate surface area is 188 Å². The van der Waals surface area contributed by atoms with Gasteiger partial charge in [-0.3, -0.25) is 4.79 Å². The van der Waals surface area contributed by atoms with E-state index in [1.54, 1.807) is 12.1 Å². The minimum absolute atomic E-state index is 0.128. The number of hydrogen-bond donors (Lipinski definition) is 1. The van der Waals surface area contributed by atoms with E-state index in [0.29, 0.717) is 11.7 Å². The van der Waals surface area contributed by atoms with Crippen LogP contribution in [0.2, 0.25) is 0 Å². The highest BCUT2D eigenvalue weighted by molar-refractivity contribution is 9.10. The van der Waals surface area contributed by atoms with Gasteiger partial charge in [-0.1, -0.05) is 45.0 Å². The van der Waals surface area contributed by atoms with E-state index in [2.05, 4.69) is 64.5 Å². The first-order valence-electron chi connectivity index (χ1n) is 10.2. The van der Waals surface area contributed by atoms with Crippen molar-refractivity contribution in [1.29, 1.82) is 0 Å². The smallest absolute Gasteiger partial charge is 0.404 e. The summed E-state index contributed by atoms with van der Waals surface area (Å²) < 4.78 is 7.32. The third-order valence-corrected chi connectivity index (χ3v) is 5.87. The second-order valence-electron chi connectivity index (χ2n) is 7.43. The highest BCUT2D eigenvalue weighted by Gasteiger charge is 2.21. The van der Waals surface area contributed by atoms with E-state index >= 15 is 0 Å². The summed E-state index contributed by atoms with van der Waals surface area (Å²) in [5.41, 5.74) is 2.33. The van der Waals surface area contributed by atoms with Crippen LogP contribution in [0.3, 0.4) is 0 Å². The molecular formula is C22H25BrN4O4. The molecule has 0 aliphatic rings. The molecule has 0 spiro atoms. The number of nitro groups is 1. The van der Waals surface area contributed by atoms with Crippen LogP contribution in [0.4, 0.5) is 5.82 Å². The summed E-state index contributed by atoms with van der Waals surface area (Å²) in [5, 5.41) is 17.8. The van der Waals surface area contributed by atoms with Crippen molar-refractivity contribution in [2.45, 2.75) is 52.1 Å². The maximum Gasteiger partial charge on any atom is 0.404 e. The van der Waals surface area contributed by atoms with Gasteiger partial charge in [0.05, 0.1) is 17.3 Å². The van der Waals surface area contributed by atoms with Gasteiger partial charge in [-0.2, -0.15) is 4.68 Å². The molecule has 1 N–H and O–H groups in total. The van der Waals surface area contributed by atoms with Crippen molar-refractivity contribution in [3.8, 4) is 0 Å². The second-order valence-corrected chi connectivity index (χ2v) is 8.29. The predicted molar refractivity (Wildman–Crippen MR) is 120 cm³/mol. The van der Waals surface area contributed by atoms with Crippen molar-refractivity contribution in [2.75, 3.05) is 0 Å². The number of carbonyl (C=O) groups is 1. The van der Waals surface area contributed by atoms with Gasteiger partial charge in [0, 0.05) is 0 Å². The topological polar surface area (TPSA) is 103 Å². The van der Waals surface area contributed by atoms with Crippen LogP contribution in [-0.4, -0.2) is 20.6 Å². The summed E-state index contributed by atoms with van der Waals surface area (Å²) in [4.78, 5) is 23.1. The molecule has 0 radical (unpaired) electrons. The molecule has 31 heavy (non-hydrogen) atoms. The van der Waals surface area contributed by atoms with Crippen LogP contribution in [0.25, 0.3) is 0 Å². The lowest BCUT2D eigenvalue weighted by atomic mass is 9.95. The summed E-state index contributed by atoms with van der Waals surface area (Å²) in [6.45, 7) is 6.55. The molecule has 3 rings (SSSR count). The standard InChI is InChI=1S/C22H25BrN4O4/c1-4-14(3)15-6-8-16(9-7-15)19(5-2)24-22(28)20-11-10-17(31-20)12-26-13-18(23)21(25-26)27(29)30/h6-11,13-14,19H,4-5,12H2,1-3H3,(H,24,28). The molecule has 164 valence electrons. The SMILES string of the molecule is CCC(C)c1ccc(C(CC)NC(=O)c2ccc(Cn3cc(Br)c([N+](=O)[O-])n3)o2)cc1. The van der Waals surface area contributed by atoms with E-state index in [4.69, 9.17) is 4.42 Å². The van der Waals surface area contributed by atoms with Crippen molar-refractivity contribution in [1.82, 2.24) is 15.1 Å². The Morgan fingerprint density at radius 3 is 2.45 bits per heavy atom. The molecule has 0 saturated heterocycles. The fourth-order valence-electron chi connectivity index (χ4n) is 3.28. The molecule has 2 unspecified atom stereocenters. The third-order valence-electron chi connectivity index (χ3n) is 5.31. The number of nitrogens with one attached hydrogen (secondary N) is 1. The molecule has 1 aromatic carbocycles. The van der Waals surface area contributed by atoms with Crippen LogP contribution >= 0.6 is 15.9 Å². The zero-order valence-corrected chi connectivity index (χ0v) is 19.3. The zero-order valence-electron chi connectivity index (χ0n) is 17.7. The number of furan rings is 1. The molecule has 0 bridgehead atoms. The van der Waals surface area contributed by atoms with Crippen molar-refractivity contribution >= 4 is 27.7 Å². The van der Waals surface area contributed by atoms with Gasteiger partial charge in [-0.15, -0.1) is 0 Å². The number of amides is 1. The van der Waals surface area contributed by atoms with Gasteiger partial charge in [0.1, 0.15) is 16.8 Å². The lowest BCUT2D eigenvalue weighted by Crippen LogP contribution is -2.27. The highest BCUT2D eigenvalue weighted by atomic mass is 79.9. The summed E-state index contributed by atoms with van der Waals surface area (Å²) >= 11 is 3.11. The van der Waals surface area contributed by atoms with Gasteiger partial charge in [-0.25, -0.2) is 0 Å². The summed E-state index contributed by atoms with van der Waals surface area (Å²) in [6, 6.07) is 11.5. The van der Waals surface area contributed by atoms with E-state index in [-0.39, 0.29) is 34.5 Å². The molecule has 0 aliphatic carbocycles. The van der Waals surface area contributed by atoms with E-state index in [1.807, 2.05) is 6.92 Å². The van der Waals surface area contributed by atoms with Crippen molar-refractivity contribution in [2.24, 2.45) is 0 Å². The van der Waals surface area contributed by atoms with Crippen LogP contribution < -0.4 is 5.32 Å². The molecule has 0 aliphatic heterocycles. The Balaban J connectivity index is 1.67. The molecule has 8 nitrogen and oxygen atoms in total. The quantitative estimate of drug-likeness (QED) is 0.312. The lowest BCUT2D eigenvalue weighted by Gasteiger charge is -2.18. The predicted octanol–water partition coefficient (Wildman–Crippen LogP) is 5.59. The number of aromatic nitrogens is 2. The van der Waals surface area contributed by atoms with Crippen molar-refractivity contribution in [3.05, 3.63) is 79.8 Å². The Morgan fingerprint density at radius 1 is 1.19 bits per heavy atom. The zero-order chi connectivity index (χ0) is 22.5. The minimum atomic E-state index is -0.568. The summed E-state index contributed by atoms with van der Waals surface area (Å²) in [6.07, 6.45) is 3.32. The fourth-order valence-corrected chi connectivity index (χ4v) is 3.74. The summed E-state index contributed by atoms with van der Waals surface area (Å²) in [5.74, 6) is 0.583. The first-order valence-corrected chi connectivity index (χ1v) is 11.0. The Bertz CT molecular complexity index is 1060. The number of rotatable bonds is 9. The van der Waals surface area contributed by atoms with Crippen LogP contribution in [0, 0.1) is 10.1 Å². The van der Waals surface area contributed by atoms with Gasteiger partial charge < -0.3 is 19.8 Å². The number of halogens is 1. The van der Waals surface area contributed by atoms with Crippen LogP contribution in [-0.2, 0) is 6.54 Å². The van der Waals surface area contributed by atoms with Gasteiger partial charge in [-0.05, 0) is 62.9 Å². The number of nitrogens with zero attached hydrogens (tertiary/aromatic N) is 3. The average Bonchev–Trinajstić information content (AvgIpc) is 3.38. The van der Waals surface area contributed by atoms with Crippen LogP contribution in [0.1, 0.15) is 73.0 Å². The largest absolute Gasteiger partial charge is 0.454 e. The molecule has 0 saturated carbocycles. The Morgan fingerprint density at radius 2 is 1.87 bits per heavy atom. The lowest BCUT2D eigenvalue weighted by molar-refractivity contribution is -0.390. The highest BCUT2D eigenvalue weighted by Crippen LogP contribution is 2.24. The Kier molecular flexibility index (Phi) is 7.27. The molecule has 0 fully saturated rings. The number of benzene rings is 1. The van der Waals surface area contributed by atoms with E-state index in [1.165, 1.54) is 16.4 Å². The van der Waals surface area contributed by atoms with Gasteiger partial charge >= 0.3 is 5.82 Å². The molecule has 2 atom stereocenters. The van der Waals surface area contributed by atoms with Gasteiger partial charge in [0.25, 0.3) is 5.91 Å². The van der Waals surface area contributed by atoms with Crippen LogP contribution in [0.15, 0.2) is 51.5 Å². The van der Waals surface area contributed by atoms with Crippen LogP contribution in [0.5, 0.6) is 0 Å². The maximum atomic E-state index is 12.7. The van der Waals surface area contributed by atoms with E-state index in [9.17, 15) is 14.9 Å². The van der Waals surface area contributed by atoms with Crippen molar-refractivity contribution in [3.63, 3.8) is 0 Å². The Hall–Kier alpha value is -2.94. The third kappa shape index (κ3) is 5.41. The fraction of sp³-hybridized carbons (Fsp3) is 0.364. The average molecular weight is 489 g/mol. The molecular weight excluding hydrogens is 464 g/mol. The minimum Gasteiger partial charge on any atom is -0.454 e. The first-order chi connectivity index (χ1) is 14.8. The first kappa shape index (κ1) is 22.7. The molecule has 2 heterocycles. The molecule has 2 aromatic heterocycles. The number of carbonyl (C=O) groups excluding carboxylic acids is 1. The molecule has 3 aromatic rings. The van der Waals surface area contributed by atoms with E-state index in [0.717, 1.165) is 18.4 Å². The van der Waals surface area contributed by atoms with Gasteiger partial charge in [0.2, 0.25) is 0 Å². The van der Waals surface area contributed by atoms with E-state index < -0.39 is 4.92 Å². The van der Waals surface area contributed by atoms with Crippen molar-refractivity contribution < 1.29 is 14.1 Å². The summed E-state index contributed by atoms with van der Waals surface area (Å²) in [7, 11) is 0. The number of hydrogen-bond acceptors (Lipinski definition) is 5.